The number of imidazole rings is 1. The van der Waals surface area contributed by atoms with Crippen LogP contribution in [0.5, 0.6) is 11.5 Å². The van der Waals surface area contributed by atoms with Gasteiger partial charge in [-0.05, 0) is 25.5 Å². The molecule has 0 radical (unpaired) electrons. The summed E-state index contributed by atoms with van der Waals surface area (Å²) in [5, 5.41) is 10.0. The number of rotatable bonds is 7. The van der Waals surface area contributed by atoms with Crippen LogP contribution in [0.4, 0.5) is 5.82 Å². The van der Waals surface area contributed by atoms with E-state index in [1.54, 1.807) is 0 Å². The molecule has 0 bridgehead atoms. The van der Waals surface area contributed by atoms with E-state index in [1.807, 2.05) is 6.92 Å². The summed E-state index contributed by atoms with van der Waals surface area (Å²) in [7, 11) is -2.27. The third-order valence-electron chi connectivity index (χ3n) is 5.08. The fourth-order valence-electron chi connectivity index (χ4n) is 3.37. The van der Waals surface area contributed by atoms with Gasteiger partial charge in [0.15, 0.2) is 45.3 Å². The van der Waals surface area contributed by atoms with Gasteiger partial charge >= 0.3 is 0 Å². The number of pyridine rings is 1. The van der Waals surface area contributed by atoms with Crippen molar-refractivity contribution in [2.75, 3.05) is 18.4 Å². The molecule has 0 spiro atoms. The van der Waals surface area contributed by atoms with Crippen molar-refractivity contribution in [3.8, 4) is 17.2 Å². The number of halogens is 1. The topological polar surface area (TPSA) is 154 Å². The average molecular weight is 516 g/mol. The largest absolute Gasteiger partial charge is 0.504 e. The normalized spacial score (nSPS) is 15.2. The number of nitrogens with zero attached hydrogens (tertiary/aromatic N) is 6. The lowest BCUT2D eigenvalue weighted by Crippen LogP contribution is -2.19. The van der Waals surface area contributed by atoms with E-state index in [-0.39, 0.29) is 56.9 Å². The molecular formula is C21H18ClN7O5S. The summed E-state index contributed by atoms with van der Waals surface area (Å²) in [6.45, 7) is 2.19. The third kappa shape index (κ3) is 4.22. The van der Waals surface area contributed by atoms with Gasteiger partial charge < -0.3 is 14.6 Å². The van der Waals surface area contributed by atoms with Crippen LogP contribution in [0.3, 0.4) is 0 Å². The molecule has 1 aliphatic heterocycles. The fourth-order valence-corrected chi connectivity index (χ4v) is 4.93. The van der Waals surface area contributed by atoms with Gasteiger partial charge in [0.05, 0.1) is 37.4 Å². The van der Waals surface area contributed by atoms with E-state index in [4.69, 9.17) is 21.1 Å². The molecule has 4 heterocycles. The van der Waals surface area contributed by atoms with Crippen LogP contribution >= 0.6 is 11.6 Å². The highest BCUT2D eigenvalue weighted by Gasteiger charge is 2.37. The molecule has 2 aliphatic rings. The second-order valence-corrected chi connectivity index (χ2v) is 9.80. The van der Waals surface area contributed by atoms with Crippen molar-refractivity contribution in [2.45, 2.75) is 25.0 Å². The van der Waals surface area contributed by atoms with E-state index in [0.29, 0.717) is 19.4 Å². The zero-order valence-corrected chi connectivity index (χ0v) is 20.1. The average Bonchev–Trinajstić information content (AvgIpc) is 3.63. The Morgan fingerprint density at radius 3 is 2.80 bits per heavy atom. The summed E-state index contributed by atoms with van der Waals surface area (Å²) in [4.78, 5) is 21.5. The molecule has 1 fully saturated rings. The Morgan fingerprint density at radius 2 is 2.09 bits per heavy atom. The fraction of sp³-hybridized carbons (Fsp3) is 0.286. The number of ether oxygens (including phenoxy) is 2. The number of anilines is 1. The molecule has 12 nitrogen and oxygen atoms in total. The Morgan fingerprint density at radius 1 is 1.29 bits per heavy atom. The minimum atomic E-state index is -3.68. The predicted molar refractivity (Wildman–Crippen MR) is 127 cm³/mol. The maximum absolute atomic E-state index is 12.5. The van der Waals surface area contributed by atoms with Gasteiger partial charge in [-0.3, -0.25) is 14.3 Å². The van der Waals surface area contributed by atoms with Gasteiger partial charge in [-0.1, -0.05) is 17.3 Å². The van der Waals surface area contributed by atoms with Gasteiger partial charge in [0.2, 0.25) is 15.9 Å². The first-order chi connectivity index (χ1) is 16.8. The monoisotopic (exact) mass is 515 g/mol. The molecule has 0 saturated heterocycles. The smallest absolute Gasteiger partial charge is 0.236 e. The quantitative estimate of drug-likeness (QED) is 0.452. The molecular weight excluding hydrogens is 498 g/mol. The number of hydrogen-bond donors (Lipinski definition) is 2. The number of methoxy groups -OCH3 is 1. The SMILES string of the molecule is CCOC1=NC(c2nc3nc(Cl)c(NS(=O)(=O)C4CC4)nc3n2-c2c(O)cncc2OC)=C=C=C1. The Bertz CT molecular complexity index is 1600. The molecule has 0 atom stereocenters. The molecule has 35 heavy (non-hydrogen) atoms. The molecule has 0 amide bonds. The lowest BCUT2D eigenvalue weighted by Gasteiger charge is -2.14. The van der Waals surface area contributed by atoms with Crippen LogP contribution in [0, 0.1) is 0 Å². The van der Waals surface area contributed by atoms with Crippen molar-refractivity contribution in [3.05, 3.63) is 40.9 Å². The van der Waals surface area contributed by atoms with Crippen LogP contribution in [-0.4, -0.2) is 62.9 Å². The summed E-state index contributed by atoms with van der Waals surface area (Å²) >= 11 is 6.26. The van der Waals surface area contributed by atoms with Crippen LogP contribution in [0.15, 0.2) is 34.9 Å². The molecule has 0 unspecified atom stereocenters. The summed E-state index contributed by atoms with van der Waals surface area (Å²) in [5.41, 5.74) is 6.16. The number of fused-ring (bicyclic) bond motifs is 1. The van der Waals surface area contributed by atoms with Crippen molar-refractivity contribution >= 4 is 50.3 Å². The van der Waals surface area contributed by atoms with Gasteiger partial charge in [0, 0.05) is 0 Å². The molecule has 1 saturated carbocycles. The first-order valence-corrected chi connectivity index (χ1v) is 12.4. The number of sulfonamides is 1. The van der Waals surface area contributed by atoms with E-state index < -0.39 is 15.3 Å². The molecule has 3 aromatic heterocycles. The summed E-state index contributed by atoms with van der Waals surface area (Å²) in [5.74, 6) is 0.190. The lowest BCUT2D eigenvalue weighted by atomic mass is 10.3. The van der Waals surface area contributed by atoms with Crippen molar-refractivity contribution < 1.29 is 23.0 Å². The summed E-state index contributed by atoms with van der Waals surface area (Å²) < 4.78 is 39.7. The first-order valence-electron chi connectivity index (χ1n) is 10.4. The number of aliphatic imine (C=N–C) groups is 1. The van der Waals surface area contributed by atoms with E-state index in [9.17, 15) is 13.5 Å². The zero-order chi connectivity index (χ0) is 24.7. The first kappa shape index (κ1) is 22.9. The number of aromatic nitrogens is 5. The van der Waals surface area contributed by atoms with Crippen LogP contribution in [-0.2, 0) is 14.8 Å². The van der Waals surface area contributed by atoms with E-state index in [1.165, 1.54) is 30.1 Å². The highest BCUT2D eigenvalue weighted by Crippen LogP contribution is 2.37. The van der Waals surface area contributed by atoms with E-state index in [2.05, 4.69) is 41.1 Å². The minimum absolute atomic E-state index is 0.0645. The standard InChI is InChI=1S/C21H18ClN7O5S/c1-3-34-15-6-4-5-12(24-15)20-27-19-21(29(20)16-13(30)9-23-10-14(16)33-2)26-18(17(22)25-19)28-35(31,32)11-7-8-11/h6,9-11,30H,3,7-8H2,1-2H3,(H,26,28). The number of aromatic hydroxyl groups is 1. The van der Waals surface area contributed by atoms with Crippen molar-refractivity contribution in [1.29, 1.82) is 0 Å². The molecule has 3 aromatic rings. The number of hydrogen-bond acceptors (Lipinski definition) is 10. The number of nitrogens with one attached hydrogen (secondary N) is 1. The van der Waals surface area contributed by atoms with Crippen molar-refractivity contribution in [1.82, 2.24) is 24.5 Å². The van der Waals surface area contributed by atoms with Gasteiger partial charge in [0.1, 0.15) is 5.69 Å². The lowest BCUT2D eigenvalue weighted by molar-refractivity contribution is 0.330. The zero-order valence-electron chi connectivity index (χ0n) is 18.5. The predicted octanol–water partition coefficient (Wildman–Crippen LogP) is 2.58. The van der Waals surface area contributed by atoms with E-state index in [0.717, 1.165) is 0 Å². The maximum atomic E-state index is 12.5. The van der Waals surface area contributed by atoms with Gasteiger partial charge in [-0.2, -0.15) is 0 Å². The van der Waals surface area contributed by atoms with Crippen LogP contribution in [0.1, 0.15) is 25.6 Å². The molecule has 2 N–H and O–H groups in total. The van der Waals surface area contributed by atoms with Gasteiger partial charge in [-0.25, -0.2) is 28.4 Å². The second kappa shape index (κ2) is 8.71. The van der Waals surface area contributed by atoms with Crippen molar-refractivity contribution in [3.63, 3.8) is 0 Å². The molecule has 5 rings (SSSR count). The molecule has 180 valence electrons. The maximum Gasteiger partial charge on any atom is 0.236 e. The van der Waals surface area contributed by atoms with Gasteiger partial charge in [0.25, 0.3) is 0 Å². The Hall–Kier alpha value is -3.89. The Labute approximate surface area is 204 Å². The Balaban J connectivity index is 1.79. The molecule has 14 heteroatoms. The highest BCUT2D eigenvalue weighted by molar-refractivity contribution is 7.93. The highest BCUT2D eigenvalue weighted by atomic mass is 35.5. The van der Waals surface area contributed by atoms with Crippen LogP contribution in [0.2, 0.25) is 5.15 Å². The summed E-state index contributed by atoms with van der Waals surface area (Å²) in [6, 6.07) is 0. The van der Waals surface area contributed by atoms with Crippen molar-refractivity contribution in [2.24, 2.45) is 4.99 Å². The molecule has 0 aromatic carbocycles. The van der Waals surface area contributed by atoms with Crippen LogP contribution in [0.25, 0.3) is 22.7 Å². The van der Waals surface area contributed by atoms with Gasteiger partial charge in [-0.15, -0.1) is 0 Å². The minimum Gasteiger partial charge on any atom is -0.504 e. The Kier molecular flexibility index (Phi) is 5.70. The third-order valence-corrected chi connectivity index (χ3v) is 7.17. The van der Waals surface area contributed by atoms with Crippen LogP contribution < -0.4 is 9.46 Å². The summed E-state index contributed by atoms with van der Waals surface area (Å²) in [6.07, 6.45) is 5.24. The second-order valence-electron chi connectivity index (χ2n) is 7.48. The molecule has 1 aliphatic carbocycles. The van der Waals surface area contributed by atoms with E-state index >= 15 is 0 Å².